The molecular formula is C7H11FN4O. The molecule has 5 nitrogen and oxygen atoms in total. The van der Waals surface area contributed by atoms with Crippen LogP contribution in [0.5, 0.6) is 0 Å². The quantitative estimate of drug-likeness (QED) is 0.673. The number of halogens is 1. The molecular weight excluding hydrogens is 175 g/mol. The van der Waals surface area contributed by atoms with Crippen molar-refractivity contribution in [3.63, 3.8) is 0 Å². The standard InChI is InChI=1S/C7H11FN4O/c1-12(2-3-13)7-10-4-5(8)6(9)11-7/h4,13H,2-3H2,1H3,(H2,9,10,11). The van der Waals surface area contributed by atoms with E-state index in [1.807, 2.05) is 0 Å². The predicted octanol–water partition coefficient (Wildman–Crippen LogP) is -0.374. The smallest absolute Gasteiger partial charge is 0.227 e. The molecule has 1 aromatic heterocycles. The molecule has 6 heteroatoms. The van der Waals surface area contributed by atoms with Crippen LogP contribution < -0.4 is 10.6 Å². The van der Waals surface area contributed by atoms with Gasteiger partial charge < -0.3 is 15.7 Å². The molecule has 0 spiro atoms. The van der Waals surface area contributed by atoms with Gasteiger partial charge in [0, 0.05) is 13.6 Å². The fourth-order valence-electron chi connectivity index (χ4n) is 0.804. The normalized spacial score (nSPS) is 10.1. The molecule has 0 aromatic carbocycles. The second-order valence-corrected chi connectivity index (χ2v) is 2.55. The highest BCUT2D eigenvalue weighted by Gasteiger charge is 2.06. The van der Waals surface area contributed by atoms with E-state index < -0.39 is 5.82 Å². The molecule has 3 N–H and O–H groups in total. The van der Waals surface area contributed by atoms with Gasteiger partial charge in [0.1, 0.15) is 0 Å². The number of nitrogens with zero attached hydrogens (tertiary/aromatic N) is 3. The van der Waals surface area contributed by atoms with Crippen LogP contribution in [0.4, 0.5) is 16.2 Å². The van der Waals surface area contributed by atoms with Crippen LogP contribution in [-0.4, -0.2) is 35.3 Å². The molecule has 0 aliphatic carbocycles. The Labute approximate surface area is 75.0 Å². The van der Waals surface area contributed by atoms with Crippen LogP contribution in [0.3, 0.4) is 0 Å². The van der Waals surface area contributed by atoms with Crippen LogP contribution in [0, 0.1) is 5.82 Å². The second-order valence-electron chi connectivity index (χ2n) is 2.55. The van der Waals surface area contributed by atoms with Gasteiger partial charge in [-0.25, -0.2) is 9.37 Å². The minimum absolute atomic E-state index is 0.0167. The number of aromatic nitrogens is 2. The third-order valence-corrected chi connectivity index (χ3v) is 1.54. The minimum Gasteiger partial charge on any atom is -0.395 e. The van der Waals surface area contributed by atoms with Crippen molar-refractivity contribution in [1.82, 2.24) is 9.97 Å². The Hall–Kier alpha value is -1.43. The third-order valence-electron chi connectivity index (χ3n) is 1.54. The molecule has 0 unspecified atom stereocenters. The first-order valence-electron chi connectivity index (χ1n) is 3.75. The Kier molecular flexibility index (Phi) is 2.97. The van der Waals surface area contributed by atoms with Crippen molar-refractivity contribution in [1.29, 1.82) is 0 Å². The molecule has 72 valence electrons. The lowest BCUT2D eigenvalue weighted by Crippen LogP contribution is -2.23. The molecule has 0 fully saturated rings. The van der Waals surface area contributed by atoms with Crippen molar-refractivity contribution in [3.8, 4) is 0 Å². The summed E-state index contributed by atoms with van der Waals surface area (Å²) in [6.07, 6.45) is 1.01. The van der Waals surface area contributed by atoms with E-state index in [2.05, 4.69) is 9.97 Å². The number of hydrogen-bond acceptors (Lipinski definition) is 5. The number of rotatable bonds is 3. The Morgan fingerprint density at radius 3 is 2.92 bits per heavy atom. The van der Waals surface area contributed by atoms with Crippen LogP contribution in [0.1, 0.15) is 0 Å². The number of aliphatic hydroxyl groups is 1. The van der Waals surface area contributed by atoms with Gasteiger partial charge in [0.2, 0.25) is 5.95 Å². The van der Waals surface area contributed by atoms with Gasteiger partial charge in [0.25, 0.3) is 0 Å². The number of aliphatic hydroxyl groups excluding tert-OH is 1. The SMILES string of the molecule is CN(CCO)c1ncc(F)c(N)n1. The number of hydrogen-bond donors (Lipinski definition) is 2. The van der Waals surface area contributed by atoms with Gasteiger partial charge in [-0.05, 0) is 0 Å². The highest BCUT2D eigenvalue weighted by Crippen LogP contribution is 2.09. The molecule has 0 aliphatic heterocycles. The molecule has 0 saturated carbocycles. The summed E-state index contributed by atoms with van der Waals surface area (Å²) < 4.78 is 12.6. The van der Waals surface area contributed by atoms with E-state index in [1.165, 1.54) is 0 Å². The van der Waals surface area contributed by atoms with Crippen molar-refractivity contribution >= 4 is 11.8 Å². The summed E-state index contributed by atoms with van der Waals surface area (Å²) in [6, 6.07) is 0. The Bertz CT molecular complexity index is 294. The minimum atomic E-state index is -0.638. The second kappa shape index (κ2) is 3.99. The van der Waals surface area contributed by atoms with E-state index in [4.69, 9.17) is 10.8 Å². The fourth-order valence-corrected chi connectivity index (χ4v) is 0.804. The topological polar surface area (TPSA) is 75.3 Å². The number of nitrogens with two attached hydrogens (primary N) is 1. The molecule has 1 heterocycles. The van der Waals surface area contributed by atoms with E-state index >= 15 is 0 Å². The lowest BCUT2D eigenvalue weighted by Gasteiger charge is -2.14. The predicted molar refractivity (Wildman–Crippen MR) is 46.8 cm³/mol. The van der Waals surface area contributed by atoms with Crippen LogP contribution in [0.25, 0.3) is 0 Å². The Balaban J connectivity index is 2.84. The van der Waals surface area contributed by atoms with Crippen LogP contribution in [0.2, 0.25) is 0 Å². The van der Waals surface area contributed by atoms with Gasteiger partial charge in [0.15, 0.2) is 11.6 Å². The first kappa shape index (κ1) is 9.66. The highest BCUT2D eigenvalue weighted by molar-refractivity contribution is 5.38. The van der Waals surface area contributed by atoms with E-state index in [9.17, 15) is 4.39 Å². The monoisotopic (exact) mass is 186 g/mol. The first-order valence-corrected chi connectivity index (χ1v) is 3.75. The maximum Gasteiger partial charge on any atom is 0.227 e. The van der Waals surface area contributed by atoms with Gasteiger partial charge in [0.05, 0.1) is 12.8 Å². The molecule has 0 amide bonds. The average molecular weight is 186 g/mol. The van der Waals surface area contributed by atoms with Crippen molar-refractivity contribution < 1.29 is 9.50 Å². The summed E-state index contributed by atoms with van der Waals surface area (Å²) in [6.45, 7) is 0.363. The molecule has 0 radical (unpaired) electrons. The summed E-state index contributed by atoms with van der Waals surface area (Å²) in [5, 5.41) is 8.62. The van der Waals surface area contributed by atoms with E-state index in [0.717, 1.165) is 6.20 Å². The summed E-state index contributed by atoms with van der Waals surface area (Å²) in [5.74, 6) is -0.524. The van der Waals surface area contributed by atoms with Crippen LogP contribution >= 0.6 is 0 Å². The van der Waals surface area contributed by atoms with Crippen LogP contribution in [-0.2, 0) is 0 Å². The summed E-state index contributed by atoms with van der Waals surface area (Å²) in [7, 11) is 1.68. The maximum atomic E-state index is 12.6. The van der Waals surface area contributed by atoms with E-state index in [0.29, 0.717) is 12.5 Å². The van der Waals surface area contributed by atoms with Crippen molar-refractivity contribution in [2.24, 2.45) is 0 Å². The molecule has 1 aromatic rings. The molecule has 0 atom stereocenters. The van der Waals surface area contributed by atoms with Gasteiger partial charge in [-0.2, -0.15) is 4.98 Å². The Morgan fingerprint density at radius 1 is 1.69 bits per heavy atom. The first-order chi connectivity index (χ1) is 6.15. The average Bonchev–Trinajstić information content (AvgIpc) is 2.10. The molecule has 0 bridgehead atoms. The van der Waals surface area contributed by atoms with Gasteiger partial charge in [-0.1, -0.05) is 0 Å². The van der Waals surface area contributed by atoms with Crippen LogP contribution in [0.15, 0.2) is 6.20 Å². The summed E-state index contributed by atoms with van der Waals surface area (Å²) >= 11 is 0. The number of likely N-dealkylation sites (N-methyl/N-ethyl adjacent to an activating group) is 1. The van der Waals surface area contributed by atoms with Gasteiger partial charge >= 0.3 is 0 Å². The van der Waals surface area contributed by atoms with Crippen molar-refractivity contribution in [3.05, 3.63) is 12.0 Å². The van der Waals surface area contributed by atoms with Crippen molar-refractivity contribution in [2.75, 3.05) is 30.8 Å². The number of anilines is 2. The zero-order chi connectivity index (χ0) is 9.84. The van der Waals surface area contributed by atoms with Gasteiger partial charge in [-0.15, -0.1) is 0 Å². The molecule has 13 heavy (non-hydrogen) atoms. The molecule has 0 saturated heterocycles. The lowest BCUT2D eigenvalue weighted by molar-refractivity contribution is 0.303. The highest BCUT2D eigenvalue weighted by atomic mass is 19.1. The maximum absolute atomic E-state index is 12.6. The van der Waals surface area contributed by atoms with E-state index in [-0.39, 0.29) is 12.4 Å². The summed E-state index contributed by atoms with van der Waals surface area (Å²) in [4.78, 5) is 8.98. The zero-order valence-electron chi connectivity index (χ0n) is 7.24. The zero-order valence-corrected chi connectivity index (χ0v) is 7.24. The fraction of sp³-hybridized carbons (Fsp3) is 0.429. The Morgan fingerprint density at radius 2 is 2.38 bits per heavy atom. The largest absolute Gasteiger partial charge is 0.395 e. The number of nitrogen functional groups attached to an aromatic ring is 1. The van der Waals surface area contributed by atoms with E-state index in [1.54, 1.807) is 11.9 Å². The third kappa shape index (κ3) is 2.25. The lowest BCUT2D eigenvalue weighted by atomic mass is 10.5. The molecule has 1 rings (SSSR count). The molecule has 0 aliphatic rings. The van der Waals surface area contributed by atoms with Gasteiger partial charge in [-0.3, -0.25) is 0 Å². The van der Waals surface area contributed by atoms with Crippen molar-refractivity contribution in [2.45, 2.75) is 0 Å². The summed E-state index contributed by atoms with van der Waals surface area (Å²) in [5.41, 5.74) is 5.24.